The number of piperidine rings is 1. The summed E-state index contributed by atoms with van der Waals surface area (Å²) in [6, 6.07) is 16.0. The number of nitrogens with one attached hydrogen (secondary N) is 3. The first-order valence-corrected chi connectivity index (χ1v) is 21.9. The van der Waals surface area contributed by atoms with E-state index >= 15 is 8.78 Å². The third-order valence-corrected chi connectivity index (χ3v) is 14.1. The molecule has 3 aromatic carbocycles. The molecule has 14 nitrogen and oxygen atoms in total. The van der Waals surface area contributed by atoms with E-state index in [9.17, 15) is 32.0 Å². The van der Waals surface area contributed by atoms with Crippen molar-refractivity contribution in [3.63, 3.8) is 0 Å². The molecule has 10 rings (SSSR count). The van der Waals surface area contributed by atoms with E-state index in [-0.39, 0.29) is 42.2 Å². The predicted octanol–water partition coefficient (Wildman–Crippen LogP) is 4.37. The number of carbonyl (C=O) groups is 4. The van der Waals surface area contributed by atoms with Crippen molar-refractivity contribution >= 4 is 56.1 Å². The molecule has 1 spiro atoms. The number of pyridine rings is 1. The Morgan fingerprint density at radius 2 is 1.76 bits per heavy atom. The predicted molar refractivity (Wildman–Crippen MR) is 225 cm³/mol. The van der Waals surface area contributed by atoms with Crippen LogP contribution in [0.15, 0.2) is 73.1 Å². The van der Waals surface area contributed by atoms with E-state index in [0.717, 1.165) is 65.0 Å². The molecule has 322 valence electrons. The molecule has 0 saturated carbocycles. The lowest BCUT2D eigenvalue weighted by Crippen LogP contribution is -2.72. The molecule has 5 aromatic rings. The van der Waals surface area contributed by atoms with Crippen LogP contribution in [0.2, 0.25) is 0 Å². The fraction of sp³-hybridized carbons (Fsp3) is 0.311. The highest BCUT2D eigenvalue weighted by Crippen LogP contribution is 2.43. The zero-order valence-corrected chi connectivity index (χ0v) is 34.4. The highest BCUT2D eigenvalue weighted by molar-refractivity contribution is 7.90. The molecular weight excluding hydrogens is 838 g/mol. The molecule has 3 amide bonds. The quantitative estimate of drug-likeness (QED) is 0.111. The number of benzene rings is 3. The zero-order chi connectivity index (χ0) is 43.8. The number of fused-ring (bicyclic) bond motifs is 2. The second kappa shape index (κ2) is 15.4. The van der Waals surface area contributed by atoms with Crippen molar-refractivity contribution in [3.05, 3.63) is 113 Å². The maximum atomic E-state index is 15.7. The number of carbonyl (C=O) groups excluding carboxylic acids is 4. The lowest BCUT2D eigenvalue weighted by atomic mass is 9.72. The number of ketones is 1. The number of halogens is 3. The van der Waals surface area contributed by atoms with Crippen LogP contribution in [0.3, 0.4) is 0 Å². The maximum absolute atomic E-state index is 15.7. The number of hydrogen-bond donors (Lipinski definition) is 3. The summed E-state index contributed by atoms with van der Waals surface area (Å²) in [6.45, 7) is 4.11. The number of rotatable bonds is 9. The second-order valence-corrected chi connectivity index (χ2v) is 18.6. The Hall–Kier alpha value is -6.55. The van der Waals surface area contributed by atoms with Gasteiger partial charge in [0.15, 0.2) is 5.82 Å². The van der Waals surface area contributed by atoms with E-state index in [1.54, 1.807) is 17.2 Å². The van der Waals surface area contributed by atoms with Gasteiger partial charge in [0.05, 0.1) is 17.8 Å². The normalized spacial score (nSPS) is 20.9. The van der Waals surface area contributed by atoms with Crippen molar-refractivity contribution in [2.75, 3.05) is 55.4 Å². The molecule has 2 atom stereocenters. The summed E-state index contributed by atoms with van der Waals surface area (Å²) >= 11 is 0. The van der Waals surface area contributed by atoms with Crippen LogP contribution in [-0.4, -0.2) is 114 Å². The Labute approximate surface area is 359 Å². The topological polar surface area (TPSA) is 168 Å². The van der Waals surface area contributed by atoms with Crippen molar-refractivity contribution < 1.29 is 40.8 Å². The number of imide groups is 1. The lowest BCUT2D eigenvalue weighted by molar-refractivity contribution is -0.136. The fourth-order valence-electron chi connectivity index (χ4n) is 9.35. The van der Waals surface area contributed by atoms with Gasteiger partial charge in [0, 0.05) is 103 Å². The molecule has 5 aliphatic rings. The number of H-pyrrole nitrogens is 1. The second-order valence-electron chi connectivity index (χ2n) is 16.9. The summed E-state index contributed by atoms with van der Waals surface area (Å²) in [4.78, 5) is 64.2. The first-order chi connectivity index (χ1) is 30.2. The number of likely N-dealkylation sites (tertiary alicyclic amines) is 1. The van der Waals surface area contributed by atoms with Gasteiger partial charge in [0.2, 0.25) is 17.6 Å². The molecular formula is C45H39F3N8O6S. The monoisotopic (exact) mass is 876 g/mol. The van der Waals surface area contributed by atoms with Gasteiger partial charge < -0.3 is 14.8 Å². The van der Waals surface area contributed by atoms with Gasteiger partial charge in [-0.25, -0.2) is 18.2 Å². The molecule has 1 unspecified atom stereocenters. The van der Waals surface area contributed by atoms with Crippen LogP contribution in [-0.2, 0) is 26.3 Å². The van der Waals surface area contributed by atoms with Crippen LogP contribution in [0.25, 0.3) is 22.2 Å². The molecule has 3 N–H and O–H groups in total. The summed E-state index contributed by atoms with van der Waals surface area (Å²) in [5.74, 6) is 1.98. The van der Waals surface area contributed by atoms with Crippen LogP contribution in [0.4, 0.5) is 24.5 Å². The molecule has 7 heterocycles. The smallest absolute Gasteiger partial charge is 0.301 e. The Kier molecular flexibility index (Phi) is 9.88. The number of amides is 3. The van der Waals surface area contributed by atoms with Crippen LogP contribution in [0, 0.1) is 28.9 Å². The summed E-state index contributed by atoms with van der Waals surface area (Å²) in [5, 5.41) is 2.65. The van der Waals surface area contributed by atoms with Gasteiger partial charge in [-0.1, -0.05) is 24.0 Å². The van der Waals surface area contributed by atoms with Crippen molar-refractivity contribution in [1.29, 1.82) is 0 Å². The number of aromatic nitrogens is 2. The van der Waals surface area contributed by atoms with Crippen LogP contribution in [0.5, 0.6) is 0 Å². The summed E-state index contributed by atoms with van der Waals surface area (Å²) in [7, 11) is -4.36. The summed E-state index contributed by atoms with van der Waals surface area (Å²) in [6.07, 6.45) is 2.09. The average molecular weight is 877 g/mol. The first-order valence-electron chi connectivity index (χ1n) is 20.5. The molecule has 4 saturated heterocycles. The van der Waals surface area contributed by atoms with Gasteiger partial charge in [0.1, 0.15) is 23.7 Å². The lowest BCUT2D eigenvalue weighted by Gasteiger charge is -2.60. The number of nitrogens with zero attached hydrogens (tertiary/aromatic N) is 5. The summed E-state index contributed by atoms with van der Waals surface area (Å²) in [5.41, 5.74) is 3.59. The highest BCUT2D eigenvalue weighted by Gasteiger charge is 2.51. The van der Waals surface area contributed by atoms with Gasteiger partial charge in [-0.2, -0.15) is 12.7 Å². The molecule has 63 heavy (non-hydrogen) atoms. The minimum absolute atomic E-state index is 0.00196. The van der Waals surface area contributed by atoms with E-state index in [2.05, 4.69) is 36.9 Å². The standard InChI is InChI=1S/C45H39F3N8O6S/c46-30-13-15-55(21-30)63(61,62)52-36-10-9-35(47)39(40(36)48)41(58)34-19-50-42-33(34)17-28(18-49-42)27-5-3-26(4-6-27)2-1-14-53-22-45(23-53)24-54(25-45)31-7-8-32-29(16-31)20-56(44(32)60)37-11-12-38(57)51-43(37)59/h3-10,16-19,30,37,52H,11-15,20-25H2,(H,49,50)(H,51,57,59)/t30-,37?/m1/s1. The number of anilines is 2. The number of aromatic amines is 1. The Bertz CT molecular complexity index is 2940. The molecule has 0 aliphatic carbocycles. The van der Waals surface area contributed by atoms with Crippen LogP contribution in [0.1, 0.15) is 56.7 Å². The molecule has 5 aliphatic heterocycles. The fourth-order valence-corrected chi connectivity index (χ4v) is 10.6. The highest BCUT2D eigenvalue weighted by atomic mass is 32.2. The van der Waals surface area contributed by atoms with Gasteiger partial charge in [0.25, 0.3) is 5.91 Å². The van der Waals surface area contributed by atoms with E-state index < -0.39 is 63.5 Å². The van der Waals surface area contributed by atoms with E-state index in [1.807, 2.05) is 47.2 Å². The molecule has 0 bridgehead atoms. The van der Waals surface area contributed by atoms with Crippen molar-refractivity contribution in [1.82, 2.24) is 29.4 Å². The van der Waals surface area contributed by atoms with Crippen molar-refractivity contribution in [2.24, 2.45) is 5.41 Å². The molecule has 0 radical (unpaired) electrons. The molecule has 4 fully saturated rings. The number of alkyl halides is 1. The van der Waals surface area contributed by atoms with Gasteiger partial charge in [-0.05, 0) is 72.5 Å². The first kappa shape index (κ1) is 40.5. The van der Waals surface area contributed by atoms with Gasteiger partial charge >= 0.3 is 10.2 Å². The van der Waals surface area contributed by atoms with Crippen LogP contribution >= 0.6 is 0 Å². The van der Waals surface area contributed by atoms with Crippen molar-refractivity contribution in [2.45, 2.75) is 38.0 Å². The third kappa shape index (κ3) is 7.39. The largest absolute Gasteiger partial charge is 0.370 e. The Morgan fingerprint density at radius 3 is 2.51 bits per heavy atom. The SMILES string of the molecule is O=C1CCC(N2Cc3cc(N4CC5(CN(CC#Cc6ccc(-c7cnc8[nH]cc(C(=O)c9c(F)ccc(NS(=O)(=O)N%10CC[C@@H](F)C%10)c9F)c8c7)cc6)C5)C4)ccc3C2=O)C(=O)N1. The van der Waals surface area contributed by atoms with Crippen LogP contribution < -0.4 is 14.9 Å². The Balaban J connectivity index is 0.745. The maximum Gasteiger partial charge on any atom is 0.301 e. The zero-order valence-electron chi connectivity index (χ0n) is 33.6. The third-order valence-electron chi connectivity index (χ3n) is 12.6. The minimum Gasteiger partial charge on any atom is -0.370 e. The number of hydrogen-bond acceptors (Lipinski definition) is 9. The Morgan fingerprint density at radius 1 is 0.968 bits per heavy atom. The molecule has 18 heteroatoms. The summed E-state index contributed by atoms with van der Waals surface area (Å²) < 4.78 is 72.8. The van der Waals surface area contributed by atoms with Gasteiger partial charge in [-0.3, -0.25) is 34.1 Å². The van der Waals surface area contributed by atoms with Crippen molar-refractivity contribution in [3.8, 4) is 23.0 Å². The van der Waals surface area contributed by atoms with E-state index in [0.29, 0.717) is 41.7 Å². The molecule has 2 aromatic heterocycles. The van der Waals surface area contributed by atoms with Gasteiger partial charge in [-0.15, -0.1) is 0 Å². The minimum atomic E-state index is -4.36. The average Bonchev–Trinajstić information content (AvgIpc) is 3.96. The van der Waals surface area contributed by atoms with E-state index in [1.165, 1.54) is 6.20 Å². The van der Waals surface area contributed by atoms with E-state index in [4.69, 9.17) is 0 Å².